The predicted molar refractivity (Wildman–Crippen MR) is 108 cm³/mol. The number of thioether (sulfide) groups is 1. The van der Waals surface area contributed by atoms with Crippen LogP contribution in [0.5, 0.6) is 0 Å². The summed E-state index contributed by atoms with van der Waals surface area (Å²) in [6.07, 6.45) is 1.62. The SMILES string of the molecule is CN(C)c1ccc(Cn2nccc2NC(=O)CSc2ccc(F)c(F)c2)cc1. The van der Waals surface area contributed by atoms with Gasteiger partial charge in [0.1, 0.15) is 5.82 Å². The van der Waals surface area contributed by atoms with Gasteiger partial charge >= 0.3 is 0 Å². The van der Waals surface area contributed by atoms with Crippen LogP contribution in [-0.2, 0) is 11.3 Å². The summed E-state index contributed by atoms with van der Waals surface area (Å²) in [4.78, 5) is 14.7. The Bertz CT molecular complexity index is 957. The predicted octanol–water partition coefficient (Wildman–Crippen LogP) is 4.01. The molecule has 28 heavy (non-hydrogen) atoms. The number of nitrogens with one attached hydrogen (secondary N) is 1. The second-order valence-electron chi connectivity index (χ2n) is 6.35. The molecule has 1 N–H and O–H groups in total. The average molecular weight is 402 g/mol. The van der Waals surface area contributed by atoms with Gasteiger partial charge in [0.25, 0.3) is 0 Å². The fourth-order valence-corrected chi connectivity index (χ4v) is 3.25. The number of hydrogen-bond acceptors (Lipinski definition) is 4. The van der Waals surface area contributed by atoms with Crippen molar-refractivity contribution < 1.29 is 13.6 Å². The highest BCUT2D eigenvalue weighted by Crippen LogP contribution is 2.21. The molecule has 1 amide bonds. The molecule has 8 heteroatoms. The molecule has 1 aromatic heterocycles. The summed E-state index contributed by atoms with van der Waals surface area (Å²) in [6, 6.07) is 13.4. The average Bonchev–Trinajstić information content (AvgIpc) is 3.09. The molecule has 0 saturated heterocycles. The first-order valence-electron chi connectivity index (χ1n) is 8.58. The summed E-state index contributed by atoms with van der Waals surface area (Å²) in [7, 11) is 3.96. The number of carbonyl (C=O) groups excluding carboxylic acids is 1. The maximum Gasteiger partial charge on any atom is 0.235 e. The number of carbonyl (C=O) groups is 1. The van der Waals surface area contributed by atoms with Crippen molar-refractivity contribution in [3.63, 3.8) is 0 Å². The van der Waals surface area contributed by atoms with E-state index in [1.807, 2.05) is 43.3 Å². The van der Waals surface area contributed by atoms with E-state index in [0.717, 1.165) is 35.1 Å². The summed E-state index contributed by atoms with van der Waals surface area (Å²) < 4.78 is 27.9. The lowest BCUT2D eigenvalue weighted by molar-refractivity contribution is -0.113. The first-order chi connectivity index (χ1) is 13.4. The number of hydrogen-bond donors (Lipinski definition) is 1. The van der Waals surface area contributed by atoms with E-state index in [1.165, 1.54) is 6.07 Å². The van der Waals surface area contributed by atoms with Crippen LogP contribution in [0, 0.1) is 11.6 Å². The quantitative estimate of drug-likeness (QED) is 0.607. The standard InChI is InChI=1S/C20H20F2N4OS/c1-25(2)15-5-3-14(4-6-15)12-26-19(9-10-23-26)24-20(27)13-28-16-7-8-17(21)18(22)11-16/h3-11H,12-13H2,1-2H3,(H,24,27). The summed E-state index contributed by atoms with van der Waals surface area (Å²) in [5.41, 5.74) is 2.16. The molecular weight excluding hydrogens is 382 g/mol. The van der Waals surface area contributed by atoms with Gasteiger partial charge in [0.2, 0.25) is 5.91 Å². The smallest absolute Gasteiger partial charge is 0.235 e. The van der Waals surface area contributed by atoms with E-state index >= 15 is 0 Å². The molecule has 2 aromatic carbocycles. The van der Waals surface area contributed by atoms with E-state index in [0.29, 0.717) is 17.3 Å². The van der Waals surface area contributed by atoms with Crippen LogP contribution in [-0.4, -0.2) is 35.5 Å². The first-order valence-corrected chi connectivity index (χ1v) is 9.57. The van der Waals surface area contributed by atoms with E-state index in [9.17, 15) is 13.6 Å². The molecule has 3 aromatic rings. The third-order valence-corrected chi connectivity index (χ3v) is 5.02. The minimum atomic E-state index is -0.927. The monoisotopic (exact) mass is 402 g/mol. The molecule has 0 fully saturated rings. The number of rotatable bonds is 7. The summed E-state index contributed by atoms with van der Waals surface area (Å²) in [5.74, 6) is -1.43. The maximum atomic E-state index is 13.2. The van der Waals surface area contributed by atoms with Crippen molar-refractivity contribution in [1.29, 1.82) is 0 Å². The molecule has 146 valence electrons. The molecule has 0 aliphatic rings. The van der Waals surface area contributed by atoms with Crippen LogP contribution in [0.4, 0.5) is 20.3 Å². The van der Waals surface area contributed by atoms with E-state index in [-0.39, 0.29) is 11.7 Å². The van der Waals surface area contributed by atoms with Crippen molar-refractivity contribution in [2.75, 3.05) is 30.1 Å². The van der Waals surface area contributed by atoms with Crippen LogP contribution in [0.3, 0.4) is 0 Å². The molecule has 3 rings (SSSR count). The normalized spacial score (nSPS) is 10.7. The summed E-state index contributed by atoms with van der Waals surface area (Å²) >= 11 is 1.13. The van der Waals surface area contributed by atoms with Crippen LogP contribution < -0.4 is 10.2 Å². The molecule has 0 bridgehead atoms. The zero-order chi connectivity index (χ0) is 20.1. The van der Waals surface area contributed by atoms with E-state index in [4.69, 9.17) is 0 Å². The van der Waals surface area contributed by atoms with E-state index in [1.54, 1.807) is 16.9 Å². The molecule has 0 unspecified atom stereocenters. The second kappa shape index (κ2) is 8.88. The number of nitrogens with zero attached hydrogens (tertiary/aromatic N) is 3. The second-order valence-corrected chi connectivity index (χ2v) is 7.40. The molecule has 0 saturated carbocycles. The Hall–Kier alpha value is -2.87. The Labute approximate surface area is 166 Å². The van der Waals surface area contributed by atoms with Gasteiger partial charge in [-0.15, -0.1) is 11.8 Å². The van der Waals surface area contributed by atoms with Gasteiger partial charge in [-0.05, 0) is 35.9 Å². The molecule has 1 heterocycles. The lowest BCUT2D eigenvalue weighted by atomic mass is 10.2. The Morgan fingerprint density at radius 2 is 1.86 bits per heavy atom. The first kappa shape index (κ1) is 19.9. The van der Waals surface area contributed by atoms with Crippen LogP contribution in [0.15, 0.2) is 59.6 Å². The highest BCUT2D eigenvalue weighted by Gasteiger charge is 2.10. The van der Waals surface area contributed by atoms with E-state index in [2.05, 4.69) is 10.4 Å². The lowest BCUT2D eigenvalue weighted by Gasteiger charge is -2.13. The Morgan fingerprint density at radius 1 is 1.11 bits per heavy atom. The molecule has 0 atom stereocenters. The van der Waals surface area contributed by atoms with Gasteiger partial charge in [-0.3, -0.25) is 4.79 Å². The van der Waals surface area contributed by atoms with Gasteiger partial charge in [-0.2, -0.15) is 5.10 Å². The van der Waals surface area contributed by atoms with Crippen LogP contribution in [0.25, 0.3) is 0 Å². The number of anilines is 2. The molecular formula is C20H20F2N4OS. The Morgan fingerprint density at radius 3 is 2.54 bits per heavy atom. The fourth-order valence-electron chi connectivity index (χ4n) is 2.53. The number of aromatic nitrogens is 2. The van der Waals surface area contributed by atoms with Gasteiger partial charge in [0.05, 0.1) is 18.5 Å². The third kappa shape index (κ3) is 5.10. The van der Waals surface area contributed by atoms with Crippen molar-refractivity contribution in [3.05, 3.63) is 71.9 Å². The van der Waals surface area contributed by atoms with Gasteiger partial charge in [0.15, 0.2) is 11.6 Å². The number of amides is 1. The minimum absolute atomic E-state index is 0.0772. The van der Waals surface area contributed by atoms with Crippen molar-refractivity contribution >= 4 is 29.2 Å². The van der Waals surface area contributed by atoms with Crippen LogP contribution in [0.2, 0.25) is 0 Å². The Kier molecular flexibility index (Phi) is 6.30. The van der Waals surface area contributed by atoms with Crippen molar-refractivity contribution in [1.82, 2.24) is 9.78 Å². The van der Waals surface area contributed by atoms with Crippen molar-refractivity contribution in [2.45, 2.75) is 11.4 Å². The van der Waals surface area contributed by atoms with Crippen molar-refractivity contribution in [2.24, 2.45) is 0 Å². The van der Waals surface area contributed by atoms with Crippen LogP contribution in [0.1, 0.15) is 5.56 Å². The zero-order valence-electron chi connectivity index (χ0n) is 15.5. The third-order valence-electron chi connectivity index (χ3n) is 4.03. The van der Waals surface area contributed by atoms with Crippen molar-refractivity contribution in [3.8, 4) is 0 Å². The van der Waals surface area contributed by atoms with Gasteiger partial charge in [0, 0.05) is 30.7 Å². The maximum absolute atomic E-state index is 13.2. The van der Waals surface area contributed by atoms with Crippen LogP contribution >= 0.6 is 11.8 Å². The summed E-state index contributed by atoms with van der Waals surface area (Å²) in [5, 5.41) is 7.06. The number of halogens is 2. The molecule has 0 spiro atoms. The molecule has 0 radical (unpaired) electrons. The van der Waals surface area contributed by atoms with Gasteiger partial charge < -0.3 is 10.2 Å². The van der Waals surface area contributed by atoms with E-state index < -0.39 is 11.6 Å². The van der Waals surface area contributed by atoms with Gasteiger partial charge in [-0.25, -0.2) is 13.5 Å². The number of benzene rings is 2. The molecule has 0 aliphatic heterocycles. The lowest BCUT2D eigenvalue weighted by Crippen LogP contribution is -2.18. The Balaban J connectivity index is 1.58. The molecule has 5 nitrogen and oxygen atoms in total. The largest absolute Gasteiger partial charge is 0.378 e. The van der Waals surface area contributed by atoms with Gasteiger partial charge in [-0.1, -0.05) is 12.1 Å². The minimum Gasteiger partial charge on any atom is -0.378 e. The zero-order valence-corrected chi connectivity index (χ0v) is 16.3. The highest BCUT2D eigenvalue weighted by atomic mass is 32.2. The molecule has 0 aliphatic carbocycles. The fraction of sp³-hybridized carbons (Fsp3) is 0.200. The summed E-state index contributed by atoms with van der Waals surface area (Å²) in [6.45, 7) is 0.520. The topological polar surface area (TPSA) is 50.2 Å². The highest BCUT2D eigenvalue weighted by molar-refractivity contribution is 8.00.